The Labute approximate surface area is 363 Å². The lowest BCUT2D eigenvalue weighted by Gasteiger charge is -2.36. The monoisotopic (exact) mass is 789 g/mol. The second-order valence-electron chi connectivity index (χ2n) is 17.4. The second kappa shape index (κ2) is 15.7. The van der Waals surface area contributed by atoms with Crippen LogP contribution in [0.15, 0.2) is 212 Å². The Morgan fingerprint density at radius 3 is 2.10 bits per heavy atom. The van der Waals surface area contributed by atoms with Crippen molar-refractivity contribution in [2.24, 2.45) is 0 Å². The van der Waals surface area contributed by atoms with E-state index in [0.29, 0.717) is 0 Å². The van der Waals surface area contributed by atoms with Gasteiger partial charge in [0.25, 0.3) is 0 Å². The fraction of sp³-hybridized carbons (Fsp3) is 0.167. The predicted molar refractivity (Wildman–Crippen MR) is 262 cm³/mol. The normalized spacial score (nSPS) is 17.8. The smallest absolute Gasteiger partial charge is 0.0677 e. The van der Waals surface area contributed by atoms with Gasteiger partial charge in [-0.3, -0.25) is 0 Å². The van der Waals surface area contributed by atoms with E-state index in [0.717, 1.165) is 35.5 Å². The summed E-state index contributed by atoms with van der Waals surface area (Å²) in [5.41, 5.74) is 23.1. The molecule has 0 saturated heterocycles. The summed E-state index contributed by atoms with van der Waals surface area (Å²) < 4.78 is 0. The molecule has 0 aromatic heterocycles. The van der Waals surface area contributed by atoms with Crippen LogP contribution in [0.25, 0.3) is 33.4 Å². The van der Waals surface area contributed by atoms with E-state index in [4.69, 9.17) is 6.58 Å². The zero-order valence-corrected chi connectivity index (χ0v) is 36.5. The van der Waals surface area contributed by atoms with Gasteiger partial charge in [0.2, 0.25) is 0 Å². The Balaban J connectivity index is 1.28. The minimum atomic E-state index is -0.500. The first-order valence-electron chi connectivity index (χ1n) is 21.8. The van der Waals surface area contributed by atoms with E-state index in [1.54, 1.807) is 0 Å². The first kappa shape index (κ1) is 39.7. The maximum atomic E-state index is 4.86. The standard InChI is InChI=1S/C60H55N/c1-9-21-45(10-2)60(46-25-15-12-16-26-46)55-29-20-19-28-51(55)52-32-30-48(39-57(52)60)61(42(5)36-40(3)37-44-23-13-11-14-24-44)47-31-34-54-53(38-47)58-43(6)50(33-35-56(58)59(54,7)8)49-27-18-17-22-41(49)4/h9,11-23,25-39H,1,5,10,24H2,2-4,6-8H3/b40-36-,44-37-,45-21+. The van der Waals surface area contributed by atoms with Crippen LogP contribution in [0, 0.1) is 13.8 Å². The predicted octanol–water partition coefficient (Wildman–Crippen LogP) is 16.2. The minimum absolute atomic E-state index is 0.145. The van der Waals surface area contributed by atoms with Gasteiger partial charge in [0.05, 0.1) is 5.41 Å². The van der Waals surface area contributed by atoms with Crippen LogP contribution in [0.1, 0.15) is 79.5 Å². The summed E-state index contributed by atoms with van der Waals surface area (Å²) in [5.74, 6) is 0. The molecule has 0 heterocycles. The number of anilines is 2. The van der Waals surface area contributed by atoms with E-state index in [1.807, 2.05) is 6.08 Å². The molecule has 0 saturated carbocycles. The molecule has 1 nitrogen and oxygen atoms in total. The van der Waals surface area contributed by atoms with Crippen LogP contribution in [0.3, 0.4) is 0 Å². The van der Waals surface area contributed by atoms with Crippen molar-refractivity contribution in [2.75, 3.05) is 4.90 Å². The molecule has 0 amide bonds. The van der Waals surface area contributed by atoms with Gasteiger partial charge >= 0.3 is 0 Å². The summed E-state index contributed by atoms with van der Waals surface area (Å²) in [5, 5.41) is 0. The van der Waals surface area contributed by atoms with E-state index < -0.39 is 5.41 Å². The van der Waals surface area contributed by atoms with Crippen molar-refractivity contribution < 1.29 is 0 Å². The van der Waals surface area contributed by atoms with Crippen LogP contribution < -0.4 is 4.90 Å². The highest BCUT2D eigenvalue weighted by Crippen LogP contribution is 2.58. The number of nitrogens with zero attached hydrogens (tertiary/aromatic N) is 1. The number of hydrogen-bond acceptors (Lipinski definition) is 1. The van der Waals surface area contributed by atoms with Gasteiger partial charge in [-0.15, -0.1) is 0 Å². The van der Waals surface area contributed by atoms with E-state index in [2.05, 4.69) is 223 Å². The quantitative estimate of drug-likeness (QED) is 0.125. The van der Waals surface area contributed by atoms with E-state index in [1.165, 1.54) is 83.5 Å². The molecule has 9 rings (SSSR count). The molecule has 0 spiro atoms. The lowest BCUT2D eigenvalue weighted by molar-refractivity contribution is 0.660. The third kappa shape index (κ3) is 6.46. The Morgan fingerprint density at radius 2 is 1.36 bits per heavy atom. The van der Waals surface area contributed by atoms with Gasteiger partial charge in [0, 0.05) is 22.5 Å². The zero-order chi connectivity index (χ0) is 42.5. The van der Waals surface area contributed by atoms with Crippen molar-refractivity contribution in [3.05, 3.63) is 251 Å². The Kier molecular flexibility index (Phi) is 10.2. The lowest BCUT2D eigenvalue weighted by atomic mass is 9.66. The molecule has 0 bridgehead atoms. The third-order valence-corrected chi connectivity index (χ3v) is 13.5. The largest absolute Gasteiger partial charge is 0.311 e. The average molecular weight is 790 g/mol. The molecule has 6 aromatic rings. The number of allylic oxidation sites excluding steroid dienone is 11. The van der Waals surface area contributed by atoms with Gasteiger partial charge in [-0.05, 0) is 147 Å². The molecule has 3 aliphatic rings. The van der Waals surface area contributed by atoms with Gasteiger partial charge < -0.3 is 4.90 Å². The molecule has 6 aromatic carbocycles. The number of aryl methyl sites for hydroxylation is 1. The summed E-state index contributed by atoms with van der Waals surface area (Å²) in [4.78, 5) is 2.38. The van der Waals surface area contributed by atoms with Crippen molar-refractivity contribution in [2.45, 2.75) is 65.2 Å². The van der Waals surface area contributed by atoms with Crippen molar-refractivity contribution in [3.63, 3.8) is 0 Å². The van der Waals surface area contributed by atoms with Crippen LogP contribution in [-0.4, -0.2) is 0 Å². The topological polar surface area (TPSA) is 3.24 Å². The summed E-state index contributed by atoms with van der Waals surface area (Å²) in [6.07, 6.45) is 19.2. The summed E-state index contributed by atoms with van der Waals surface area (Å²) in [7, 11) is 0. The van der Waals surface area contributed by atoms with Crippen molar-refractivity contribution in [1.29, 1.82) is 0 Å². The van der Waals surface area contributed by atoms with E-state index in [-0.39, 0.29) is 5.41 Å². The minimum Gasteiger partial charge on any atom is -0.311 e. The van der Waals surface area contributed by atoms with Gasteiger partial charge in [0.1, 0.15) is 0 Å². The molecule has 61 heavy (non-hydrogen) atoms. The Bertz CT molecular complexity index is 2900. The molecule has 1 atom stereocenters. The molecular formula is C60H55N. The molecule has 300 valence electrons. The van der Waals surface area contributed by atoms with Crippen molar-refractivity contribution in [1.82, 2.24) is 0 Å². The number of rotatable bonds is 10. The molecule has 1 heteroatoms. The molecule has 3 aliphatic carbocycles. The van der Waals surface area contributed by atoms with Crippen LogP contribution in [0.5, 0.6) is 0 Å². The third-order valence-electron chi connectivity index (χ3n) is 13.5. The summed E-state index contributed by atoms with van der Waals surface area (Å²) in [6.45, 7) is 22.8. The molecule has 0 N–H and O–H groups in total. The van der Waals surface area contributed by atoms with Gasteiger partial charge in [-0.1, -0.05) is 185 Å². The SMILES string of the molecule is C=C/C=C(\CC)C1(c2ccccc2)c2ccccc2-c2ccc(N(C(=C)/C=C(C)\C=C3\C=CC=CC3)c3ccc4c(c3)-c3c(ccc(-c5ccccc5C)c3C)C4(C)C)cc21. The van der Waals surface area contributed by atoms with Gasteiger partial charge in [0.15, 0.2) is 0 Å². The lowest BCUT2D eigenvalue weighted by Crippen LogP contribution is -2.30. The average Bonchev–Trinajstić information content (AvgIpc) is 3.69. The van der Waals surface area contributed by atoms with E-state index in [9.17, 15) is 0 Å². The number of fused-ring (bicyclic) bond motifs is 6. The summed E-state index contributed by atoms with van der Waals surface area (Å²) >= 11 is 0. The maximum absolute atomic E-state index is 4.86. The van der Waals surface area contributed by atoms with Crippen molar-refractivity contribution >= 4 is 11.4 Å². The molecule has 0 radical (unpaired) electrons. The molecule has 1 unspecified atom stereocenters. The van der Waals surface area contributed by atoms with Gasteiger partial charge in [-0.2, -0.15) is 0 Å². The van der Waals surface area contributed by atoms with Gasteiger partial charge in [-0.25, -0.2) is 0 Å². The maximum Gasteiger partial charge on any atom is 0.0677 e. The summed E-state index contributed by atoms with van der Waals surface area (Å²) in [6, 6.07) is 47.7. The number of benzene rings is 6. The zero-order valence-electron chi connectivity index (χ0n) is 36.5. The fourth-order valence-corrected chi connectivity index (χ4v) is 10.7. The highest BCUT2D eigenvalue weighted by Gasteiger charge is 2.47. The van der Waals surface area contributed by atoms with Crippen LogP contribution >= 0.6 is 0 Å². The highest BCUT2D eigenvalue weighted by molar-refractivity contribution is 5.92. The van der Waals surface area contributed by atoms with Crippen LogP contribution in [0.2, 0.25) is 0 Å². The fourth-order valence-electron chi connectivity index (χ4n) is 10.7. The van der Waals surface area contributed by atoms with E-state index >= 15 is 0 Å². The Morgan fingerprint density at radius 1 is 0.689 bits per heavy atom. The highest BCUT2D eigenvalue weighted by atomic mass is 15.1. The number of hydrogen-bond donors (Lipinski definition) is 0. The molecule has 0 fully saturated rings. The molecular weight excluding hydrogens is 735 g/mol. The Hall–Kier alpha value is -6.70. The first-order chi connectivity index (χ1) is 29.6. The second-order valence-corrected chi connectivity index (χ2v) is 17.4. The van der Waals surface area contributed by atoms with Crippen LogP contribution in [-0.2, 0) is 10.8 Å². The first-order valence-corrected chi connectivity index (χ1v) is 21.8. The van der Waals surface area contributed by atoms with Crippen molar-refractivity contribution in [3.8, 4) is 33.4 Å². The molecule has 0 aliphatic heterocycles. The van der Waals surface area contributed by atoms with Crippen LogP contribution in [0.4, 0.5) is 11.4 Å².